The Morgan fingerprint density at radius 2 is 1.70 bits per heavy atom. The van der Waals surface area contributed by atoms with Crippen molar-refractivity contribution in [2.75, 3.05) is 7.11 Å². The van der Waals surface area contributed by atoms with Crippen LogP contribution in [0.3, 0.4) is 0 Å². The molecule has 0 heterocycles. The minimum absolute atomic E-state index is 0.105. The Bertz CT molecular complexity index is 580. The van der Waals surface area contributed by atoms with Crippen molar-refractivity contribution in [2.24, 2.45) is 17.8 Å². The SMILES string of the molecule is C=CCCC[C@H]1CC[C@H](C2CCC(c3ccc(COC)c(F)c3)CC2)CC1. The van der Waals surface area contributed by atoms with E-state index in [0.717, 1.165) is 17.8 Å². The van der Waals surface area contributed by atoms with E-state index in [1.165, 1.54) is 76.2 Å². The van der Waals surface area contributed by atoms with Crippen LogP contribution >= 0.6 is 0 Å². The lowest BCUT2D eigenvalue weighted by Gasteiger charge is -2.38. The summed E-state index contributed by atoms with van der Waals surface area (Å²) in [6.45, 7) is 4.19. The predicted octanol–water partition coefficient (Wildman–Crippen LogP) is 7.41. The highest BCUT2D eigenvalue weighted by Crippen LogP contribution is 2.44. The Kier molecular flexibility index (Phi) is 7.93. The molecule has 1 aromatic rings. The maximum absolute atomic E-state index is 14.2. The number of hydrogen-bond acceptors (Lipinski definition) is 1. The van der Waals surface area contributed by atoms with Gasteiger partial charge in [-0.25, -0.2) is 4.39 Å². The summed E-state index contributed by atoms with van der Waals surface area (Å²) in [5.41, 5.74) is 1.86. The molecule has 0 atom stereocenters. The standard InChI is InChI=1S/C25H37FO/c1-3-4-5-6-19-7-9-20(10-8-19)21-11-13-22(14-12-21)23-15-16-24(18-27-2)25(26)17-23/h3,15-17,19-22H,1,4-14,18H2,2H3/t19-,20-,21?,22?. The topological polar surface area (TPSA) is 9.23 Å². The van der Waals surface area contributed by atoms with Crippen LogP contribution in [0.1, 0.15) is 87.7 Å². The van der Waals surface area contributed by atoms with Gasteiger partial charge in [-0.1, -0.05) is 37.5 Å². The normalized spacial score (nSPS) is 28.8. The van der Waals surface area contributed by atoms with Gasteiger partial charge in [-0.15, -0.1) is 6.58 Å². The van der Waals surface area contributed by atoms with E-state index >= 15 is 0 Å². The van der Waals surface area contributed by atoms with Crippen molar-refractivity contribution < 1.29 is 9.13 Å². The van der Waals surface area contributed by atoms with E-state index < -0.39 is 0 Å². The molecule has 150 valence electrons. The van der Waals surface area contributed by atoms with Gasteiger partial charge in [0.25, 0.3) is 0 Å². The van der Waals surface area contributed by atoms with Gasteiger partial charge in [0.05, 0.1) is 6.61 Å². The summed E-state index contributed by atoms with van der Waals surface area (Å²) < 4.78 is 19.3. The van der Waals surface area contributed by atoms with E-state index in [-0.39, 0.29) is 5.82 Å². The first-order chi connectivity index (χ1) is 13.2. The van der Waals surface area contributed by atoms with Crippen molar-refractivity contribution in [3.63, 3.8) is 0 Å². The fourth-order valence-corrected chi connectivity index (χ4v) is 5.51. The van der Waals surface area contributed by atoms with Crippen molar-refractivity contribution in [3.05, 3.63) is 47.8 Å². The fraction of sp³-hybridized carbons (Fsp3) is 0.680. The minimum atomic E-state index is -0.105. The molecule has 2 aliphatic carbocycles. The number of unbranched alkanes of at least 4 members (excludes halogenated alkanes) is 1. The van der Waals surface area contributed by atoms with Crippen molar-refractivity contribution in [3.8, 4) is 0 Å². The van der Waals surface area contributed by atoms with Crippen molar-refractivity contribution >= 4 is 0 Å². The minimum Gasteiger partial charge on any atom is -0.380 e. The lowest BCUT2D eigenvalue weighted by atomic mass is 9.68. The Morgan fingerprint density at radius 3 is 2.30 bits per heavy atom. The molecule has 0 bridgehead atoms. The molecule has 0 saturated heterocycles. The molecule has 1 aromatic carbocycles. The smallest absolute Gasteiger partial charge is 0.129 e. The Labute approximate surface area is 165 Å². The van der Waals surface area contributed by atoms with Crippen LogP contribution < -0.4 is 0 Å². The number of hydrogen-bond donors (Lipinski definition) is 0. The summed E-state index contributed by atoms with van der Waals surface area (Å²) in [5, 5.41) is 0. The van der Waals surface area contributed by atoms with Crippen LogP contribution in [0.2, 0.25) is 0 Å². The third-order valence-electron chi connectivity index (χ3n) is 7.20. The number of halogens is 1. The van der Waals surface area contributed by atoms with E-state index in [9.17, 15) is 4.39 Å². The molecular weight excluding hydrogens is 335 g/mol. The van der Waals surface area contributed by atoms with Gasteiger partial charge in [-0.05, 0) is 86.7 Å². The summed E-state index contributed by atoms with van der Waals surface area (Å²) in [4.78, 5) is 0. The summed E-state index contributed by atoms with van der Waals surface area (Å²) in [6, 6.07) is 5.79. The average molecular weight is 373 g/mol. The van der Waals surface area contributed by atoms with E-state index in [1.54, 1.807) is 13.2 Å². The number of rotatable bonds is 8. The van der Waals surface area contributed by atoms with Crippen LogP contribution in [0, 0.1) is 23.6 Å². The van der Waals surface area contributed by atoms with Crippen LogP contribution in [0.4, 0.5) is 4.39 Å². The molecule has 1 nitrogen and oxygen atoms in total. The maximum Gasteiger partial charge on any atom is 0.129 e. The molecule has 2 heteroatoms. The molecule has 0 aliphatic heterocycles. The Morgan fingerprint density at radius 1 is 1.04 bits per heavy atom. The maximum atomic E-state index is 14.2. The summed E-state index contributed by atoms with van der Waals surface area (Å²) in [7, 11) is 1.61. The Balaban J connectivity index is 1.44. The third-order valence-corrected chi connectivity index (χ3v) is 7.20. The summed E-state index contributed by atoms with van der Waals surface area (Å²) >= 11 is 0. The predicted molar refractivity (Wildman–Crippen MR) is 111 cm³/mol. The summed E-state index contributed by atoms with van der Waals surface area (Å²) in [6.07, 6.45) is 16.8. The third kappa shape index (κ3) is 5.67. The van der Waals surface area contributed by atoms with Gasteiger partial charge in [0.1, 0.15) is 5.82 Å². The van der Waals surface area contributed by atoms with E-state index in [4.69, 9.17) is 4.74 Å². The molecule has 2 saturated carbocycles. The average Bonchev–Trinajstić information content (AvgIpc) is 2.71. The molecular formula is C25H37FO. The second kappa shape index (κ2) is 10.4. The first-order valence-electron chi connectivity index (χ1n) is 11.1. The van der Waals surface area contributed by atoms with Gasteiger partial charge < -0.3 is 4.74 Å². The van der Waals surface area contributed by atoms with E-state index in [0.29, 0.717) is 18.1 Å². The van der Waals surface area contributed by atoms with Crippen LogP contribution in [0.25, 0.3) is 0 Å². The number of allylic oxidation sites excluding steroid dienone is 1. The zero-order chi connectivity index (χ0) is 19.1. The zero-order valence-corrected chi connectivity index (χ0v) is 17.1. The quantitative estimate of drug-likeness (QED) is 0.341. The van der Waals surface area contributed by atoms with Gasteiger partial charge in [-0.3, -0.25) is 0 Å². The van der Waals surface area contributed by atoms with Gasteiger partial charge in [-0.2, -0.15) is 0 Å². The van der Waals surface area contributed by atoms with Crippen LogP contribution in [0.15, 0.2) is 30.9 Å². The lowest BCUT2D eigenvalue weighted by Crippen LogP contribution is -2.25. The van der Waals surface area contributed by atoms with E-state index in [1.807, 2.05) is 6.07 Å². The van der Waals surface area contributed by atoms with Gasteiger partial charge in [0.15, 0.2) is 0 Å². The number of ether oxygens (including phenoxy) is 1. The van der Waals surface area contributed by atoms with Crippen LogP contribution in [-0.4, -0.2) is 7.11 Å². The van der Waals surface area contributed by atoms with Crippen LogP contribution in [-0.2, 0) is 11.3 Å². The number of benzene rings is 1. The second-order valence-electron chi connectivity index (χ2n) is 8.90. The molecule has 2 fully saturated rings. The van der Waals surface area contributed by atoms with Gasteiger partial charge in [0, 0.05) is 12.7 Å². The van der Waals surface area contributed by atoms with Gasteiger partial charge >= 0.3 is 0 Å². The van der Waals surface area contributed by atoms with Crippen molar-refractivity contribution in [1.29, 1.82) is 0 Å². The molecule has 0 spiro atoms. The fourth-order valence-electron chi connectivity index (χ4n) is 5.51. The first-order valence-corrected chi connectivity index (χ1v) is 11.1. The lowest BCUT2D eigenvalue weighted by molar-refractivity contribution is 0.156. The van der Waals surface area contributed by atoms with Crippen LogP contribution in [0.5, 0.6) is 0 Å². The monoisotopic (exact) mass is 372 g/mol. The van der Waals surface area contributed by atoms with Crippen molar-refractivity contribution in [1.82, 2.24) is 0 Å². The highest BCUT2D eigenvalue weighted by molar-refractivity contribution is 5.27. The first kappa shape index (κ1) is 20.6. The molecule has 3 rings (SSSR count). The highest BCUT2D eigenvalue weighted by atomic mass is 19.1. The highest BCUT2D eigenvalue weighted by Gasteiger charge is 2.31. The second-order valence-corrected chi connectivity index (χ2v) is 8.90. The van der Waals surface area contributed by atoms with Crippen molar-refractivity contribution in [2.45, 2.75) is 83.2 Å². The molecule has 27 heavy (non-hydrogen) atoms. The summed E-state index contributed by atoms with van der Waals surface area (Å²) in [5.74, 6) is 3.26. The number of methoxy groups -OCH3 is 1. The molecule has 2 aliphatic rings. The zero-order valence-electron chi connectivity index (χ0n) is 17.1. The largest absolute Gasteiger partial charge is 0.380 e. The molecule has 0 amide bonds. The van der Waals surface area contributed by atoms with E-state index in [2.05, 4.69) is 18.7 Å². The molecule has 0 radical (unpaired) electrons. The van der Waals surface area contributed by atoms with Gasteiger partial charge in [0.2, 0.25) is 0 Å². The molecule has 0 unspecified atom stereocenters. The molecule has 0 aromatic heterocycles. The molecule has 0 N–H and O–H groups in total. The Hall–Kier alpha value is -1.15.